The number of halogens is 3. The molecular weight excluding hydrogens is 429 g/mol. The van der Waals surface area contributed by atoms with E-state index >= 15 is 0 Å². The molecule has 1 aliphatic rings. The molecular formula is C24H29F3N6. The smallest absolute Gasteiger partial charge is 0.362 e. The SMILES string of the molecule is Cc1c([C@@H](C)Nc2nnc(C)c3cnc(N4CC[C@H](N(C)C)C4)cc23)cccc1C(F)(F)F. The van der Waals surface area contributed by atoms with Crippen LogP contribution in [0, 0.1) is 13.8 Å². The van der Waals surface area contributed by atoms with E-state index in [9.17, 15) is 13.2 Å². The minimum absolute atomic E-state index is 0.212. The first-order valence-electron chi connectivity index (χ1n) is 11.0. The van der Waals surface area contributed by atoms with Gasteiger partial charge in [0.2, 0.25) is 0 Å². The third kappa shape index (κ3) is 4.59. The van der Waals surface area contributed by atoms with Gasteiger partial charge >= 0.3 is 6.18 Å². The van der Waals surface area contributed by atoms with E-state index in [4.69, 9.17) is 0 Å². The average Bonchev–Trinajstić information content (AvgIpc) is 3.25. The van der Waals surface area contributed by atoms with Crippen LogP contribution in [-0.2, 0) is 6.18 Å². The number of fused-ring (bicyclic) bond motifs is 1. The molecule has 3 heterocycles. The fraction of sp³-hybridized carbons (Fsp3) is 0.458. The van der Waals surface area contributed by atoms with E-state index in [0.717, 1.165) is 47.9 Å². The monoisotopic (exact) mass is 458 g/mol. The molecule has 3 aromatic rings. The van der Waals surface area contributed by atoms with E-state index in [1.165, 1.54) is 13.0 Å². The predicted octanol–water partition coefficient (Wildman–Crippen LogP) is 4.97. The summed E-state index contributed by atoms with van der Waals surface area (Å²) in [5.74, 6) is 1.40. The summed E-state index contributed by atoms with van der Waals surface area (Å²) in [6.45, 7) is 7.03. The Morgan fingerprint density at radius 3 is 2.58 bits per heavy atom. The number of hydrogen-bond acceptors (Lipinski definition) is 6. The topological polar surface area (TPSA) is 57.2 Å². The van der Waals surface area contributed by atoms with Gasteiger partial charge in [-0.2, -0.15) is 18.3 Å². The summed E-state index contributed by atoms with van der Waals surface area (Å²) >= 11 is 0. The highest BCUT2D eigenvalue weighted by molar-refractivity contribution is 5.94. The Labute approximate surface area is 191 Å². The molecule has 0 unspecified atom stereocenters. The second kappa shape index (κ2) is 8.78. The van der Waals surface area contributed by atoms with Gasteiger partial charge in [-0.3, -0.25) is 0 Å². The van der Waals surface area contributed by atoms with Gasteiger partial charge < -0.3 is 15.1 Å². The summed E-state index contributed by atoms with van der Waals surface area (Å²) in [5, 5.41) is 13.6. The van der Waals surface area contributed by atoms with Crippen molar-refractivity contribution in [3.63, 3.8) is 0 Å². The molecule has 33 heavy (non-hydrogen) atoms. The van der Waals surface area contributed by atoms with Crippen LogP contribution >= 0.6 is 0 Å². The minimum Gasteiger partial charge on any atom is -0.362 e. The van der Waals surface area contributed by atoms with Crippen LogP contribution in [-0.4, -0.2) is 53.3 Å². The summed E-state index contributed by atoms with van der Waals surface area (Å²) in [5.41, 5.74) is 0.918. The number of likely N-dealkylation sites (N-methyl/N-ethyl adjacent to an activating group) is 1. The van der Waals surface area contributed by atoms with Gasteiger partial charge in [-0.1, -0.05) is 12.1 Å². The van der Waals surface area contributed by atoms with Crippen molar-refractivity contribution in [3.05, 3.63) is 52.8 Å². The summed E-state index contributed by atoms with van der Waals surface area (Å²) in [7, 11) is 4.17. The number of nitrogens with one attached hydrogen (secondary N) is 1. The summed E-state index contributed by atoms with van der Waals surface area (Å²) in [4.78, 5) is 9.14. The fourth-order valence-corrected chi connectivity index (χ4v) is 4.52. The van der Waals surface area contributed by atoms with Gasteiger partial charge in [0.05, 0.1) is 17.3 Å². The molecule has 1 fully saturated rings. The third-order valence-electron chi connectivity index (χ3n) is 6.55. The van der Waals surface area contributed by atoms with E-state index in [0.29, 0.717) is 17.4 Å². The number of anilines is 2. The van der Waals surface area contributed by atoms with Crippen LogP contribution in [0.3, 0.4) is 0 Å². The molecule has 1 aliphatic heterocycles. The summed E-state index contributed by atoms with van der Waals surface area (Å²) < 4.78 is 40.2. The largest absolute Gasteiger partial charge is 0.416 e. The highest BCUT2D eigenvalue weighted by atomic mass is 19.4. The second-order valence-electron chi connectivity index (χ2n) is 8.96. The number of aryl methyl sites for hydroxylation is 1. The predicted molar refractivity (Wildman–Crippen MR) is 125 cm³/mol. The molecule has 0 aliphatic carbocycles. The summed E-state index contributed by atoms with van der Waals surface area (Å²) in [6, 6.07) is 6.35. The van der Waals surface area contributed by atoms with Crippen LogP contribution in [0.2, 0.25) is 0 Å². The number of alkyl halides is 3. The molecule has 0 amide bonds. The normalized spacial score (nSPS) is 17.7. The number of aromatic nitrogens is 3. The molecule has 1 saturated heterocycles. The molecule has 0 spiro atoms. The zero-order chi connectivity index (χ0) is 23.9. The Hall–Kier alpha value is -2.94. The van der Waals surface area contributed by atoms with Crippen molar-refractivity contribution in [2.45, 2.75) is 45.5 Å². The average molecular weight is 459 g/mol. The Bertz CT molecular complexity index is 1160. The lowest BCUT2D eigenvalue weighted by molar-refractivity contribution is -0.138. The Balaban J connectivity index is 1.68. The Morgan fingerprint density at radius 1 is 1.15 bits per heavy atom. The maximum atomic E-state index is 13.4. The van der Waals surface area contributed by atoms with Crippen molar-refractivity contribution < 1.29 is 13.2 Å². The Morgan fingerprint density at radius 2 is 1.91 bits per heavy atom. The molecule has 0 saturated carbocycles. The quantitative estimate of drug-likeness (QED) is 0.582. The van der Waals surface area contributed by atoms with Gasteiger partial charge in [-0.25, -0.2) is 4.98 Å². The number of pyridine rings is 1. The van der Waals surface area contributed by atoms with E-state index in [2.05, 4.69) is 44.4 Å². The molecule has 6 nitrogen and oxygen atoms in total. The van der Waals surface area contributed by atoms with Gasteiger partial charge in [0.1, 0.15) is 5.82 Å². The molecule has 176 valence electrons. The van der Waals surface area contributed by atoms with Crippen LogP contribution in [0.5, 0.6) is 0 Å². The van der Waals surface area contributed by atoms with Crippen molar-refractivity contribution in [1.29, 1.82) is 0 Å². The zero-order valence-corrected chi connectivity index (χ0v) is 19.5. The number of hydrogen-bond donors (Lipinski definition) is 1. The zero-order valence-electron chi connectivity index (χ0n) is 19.5. The summed E-state index contributed by atoms with van der Waals surface area (Å²) in [6.07, 6.45) is -1.52. The first kappa shape index (κ1) is 23.2. The maximum Gasteiger partial charge on any atom is 0.416 e. The van der Waals surface area contributed by atoms with Crippen molar-refractivity contribution in [1.82, 2.24) is 20.1 Å². The standard InChI is InChI=1S/C24H29F3N6/c1-14-18(7-6-8-21(14)24(25,26)27)15(2)29-23-19-11-22(28-12-20(19)16(3)30-31-23)33-10-9-17(13-33)32(4)5/h6-8,11-12,15,17H,9-10,13H2,1-5H3,(H,29,31)/t15-,17+/m1/s1. The van der Waals surface area contributed by atoms with Crippen LogP contribution in [0.15, 0.2) is 30.5 Å². The van der Waals surface area contributed by atoms with Crippen molar-refractivity contribution >= 4 is 22.4 Å². The van der Waals surface area contributed by atoms with Crippen molar-refractivity contribution in [2.24, 2.45) is 0 Å². The van der Waals surface area contributed by atoms with Crippen LogP contribution in [0.4, 0.5) is 24.8 Å². The molecule has 1 N–H and O–H groups in total. The lowest BCUT2D eigenvalue weighted by Crippen LogP contribution is -2.31. The van der Waals surface area contributed by atoms with Crippen molar-refractivity contribution in [3.8, 4) is 0 Å². The van der Waals surface area contributed by atoms with Crippen molar-refractivity contribution in [2.75, 3.05) is 37.4 Å². The van der Waals surface area contributed by atoms with E-state index < -0.39 is 17.8 Å². The lowest BCUT2D eigenvalue weighted by atomic mass is 9.97. The van der Waals surface area contributed by atoms with Gasteiger partial charge in [-0.15, -0.1) is 5.10 Å². The van der Waals surface area contributed by atoms with Gasteiger partial charge in [0, 0.05) is 36.1 Å². The fourth-order valence-electron chi connectivity index (χ4n) is 4.52. The van der Waals surface area contributed by atoms with Gasteiger partial charge in [0.25, 0.3) is 0 Å². The molecule has 0 radical (unpaired) electrons. The van der Waals surface area contributed by atoms with E-state index in [-0.39, 0.29) is 5.56 Å². The first-order valence-corrected chi connectivity index (χ1v) is 11.0. The maximum absolute atomic E-state index is 13.4. The third-order valence-corrected chi connectivity index (χ3v) is 6.55. The van der Waals surface area contributed by atoms with Crippen LogP contribution in [0.1, 0.15) is 41.8 Å². The molecule has 1 aromatic carbocycles. The molecule has 0 bridgehead atoms. The van der Waals surface area contributed by atoms with Gasteiger partial charge in [0.15, 0.2) is 5.82 Å². The molecule has 4 rings (SSSR count). The molecule has 2 aromatic heterocycles. The highest BCUT2D eigenvalue weighted by Gasteiger charge is 2.33. The van der Waals surface area contributed by atoms with Crippen LogP contribution < -0.4 is 10.2 Å². The van der Waals surface area contributed by atoms with E-state index in [1.54, 1.807) is 6.07 Å². The first-order chi connectivity index (χ1) is 15.6. The number of rotatable bonds is 5. The van der Waals surface area contributed by atoms with E-state index in [1.807, 2.05) is 26.1 Å². The van der Waals surface area contributed by atoms with Crippen LogP contribution in [0.25, 0.3) is 10.8 Å². The number of benzene rings is 1. The van der Waals surface area contributed by atoms with Gasteiger partial charge in [-0.05, 0) is 64.5 Å². The number of nitrogens with zero attached hydrogens (tertiary/aromatic N) is 5. The molecule has 2 atom stereocenters. The minimum atomic E-state index is -4.39. The Kier molecular flexibility index (Phi) is 6.18. The lowest BCUT2D eigenvalue weighted by Gasteiger charge is -2.22. The highest BCUT2D eigenvalue weighted by Crippen LogP contribution is 2.36. The molecule has 9 heteroatoms. The second-order valence-corrected chi connectivity index (χ2v) is 8.96.